The molecule has 56 valence electrons. The molecule has 9 heavy (non-hydrogen) atoms. The van der Waals surface area contributed by atoms with Gasteiger partial charge in [0.25, 0.3) is 0 Å². The highest BCUT2D eigenvalue weighted by atomic mass is 35.5. The van der Waals surface area contributed by atoms with Crippen LogP contribution in [-0.4, -0.2) is 30.3 Å². The Morgan fingerprint density at radius 2 is 2.33 bits per heavy atom. The molecule has 1 atom stereocenters. The smallest absolute Gasteiger partial charge is 0.0596 e. The van der Waals surface area contributed by atoms with Crippen molar-refractivity contribution in [1.82, 2.24) is 0 Å². The standard InChI is InChI=1S/C6H13ClO2/c1-2-9-4-3-6(7)5-8/h6,8H,2-5H2,1H3. The van der Waals surface area contributed by atoms with Crippen LogP contribution in [0, 0.1) is 0 Å². The summed E-state index contributed by atoms with van der Waals surface area (Å²) in [5, 5.41) is 8.30. The van der Waals surface area contributed by atoms with Gasteiger partial charge in [-0.15, -0.1) is 11.6 Å². The highest BCUT2D eigenvalue weighted by molar-refractivity contribution is 6.20. The molecule has 1 N–H and O–H groups in total. The molecule has 3 heteroatoms. The first-order chi connectivity index (χ1) is 4.31. The first kappa shape index (κ1) is 9.21. The summed E-state index contributed by atoms with van der Waals surface area (Å²) in [5.41, 5.74) is 0. The molecule has 0 aromatic heterocycles. The van der Waals surface area contributed by atoms with Crippen molar-refractivity contribution < 1.29 is 9.84 Å². The van der Waals surface area contributed by atoms with Gasteiger partial charge >= 0.3 is 0 Å². The SMILES string of the molecule is CCOCCC(Cl)CO. The summed E-state index contributed by atoms with van der Waals surface area (Å²) in [6.45, 7) is 3.33. The molecule has 0 radical (unpaired) electrons. The molecule has 0 bridgehead atoms. The van der Waals surface area contributed by atoms with Crippen LogP contribution >= 0.6 is 11.6 Å². The maximum absolute atomic E-state index is 8.45. The van der Waals surface area contributed by atoms with Gasteiger partial charge in [0, 0.05) is 13.2 Å². The number of aliphatic hydroxyl groups is 1. The molecule has 1 unspecified atom stereocenters. The lowest BCUT2D eigenvalue weighted by Crippen LogP contribution is -2.08. The maximum atomic E-state index is 8.45. The quantitative estimate of drug-likeness (QED) is 0.471. The Bertz CT molecular complexity index is 59.0. The lowest BCUT2D eigenvalue weighted by atomic mass is 10.3. The van der Waals surface area contributed by atoms with Crippen LogP contribution in [0.5, 0.6) is 0 Å². The van der Waals surface area contributed by atoms with Crippen molar-refractivity contribution in [3.63, 3.8) is 0 Å². The molecule has 0 fully saturated rings. The lowest BCUT2D eigenvalue weighted by Gasteiger charge is -2.03. The van der Waals surface area contributed by atoms with Gasteiger partial charge in [-0.2, -0.15) is 0 Å². The first-order valence-electron chi connectivity index (χ1n) is 3.14. The molecular formula is C6H13ClO2. The molecule has 0 spiro atoms. The summed E-state index contributed by atoms with van der Waals surface area (Å²) in [6, 6.07) is 0. The number of alkyl halides is 1. The van der Waals surface area contributed by atoms with E-state index in [1.54, 1.807) is 0 Å². The molecule has 0 saturated carbocycles. The van der Waals surface area contributed by atoms with Crippen LogP contribution in [0.2, 0.25) is 0 Å². The third kappa shape index (κ3) is 6.09. The molecule has 2 nitrogen and oxygen atoms in total. The normalized spacial score (nSPS) is 13.7. The number of hydrogen-bond donors (Lipinski definition) is 1. The van der Waals surface area contributed by atoms with Crippen LogP contribution in [0.3, 0.4) is 0 Å². The Morgan fingerprint density at radius 1 is 1.67 bits per heavy atom. The summed E-state index contributed by atoms with van der Waals surface area (Å²) < 4.78 is 5.01. The molecule has 0 rings (SSSR count). The Labute approximate surface area is 60.8 Å². The average Bonchev–Trinajstić information content (AvgIpc) is 1.89. The Kier molecular flexibility index (Phi) is 6.48. The van der Waals surface area contributed by atoms with E-state index in [2.05, 4.69) is 0 Å². The number of rotatable bonds is 5. The largest absolute Gasteiger partial charge is 0.395 e. The molecule has 0 heterocycles. The van der Waals surface area contributed by atoms with Crippen LogP contribution < -0.4 is 0 Å². The van der Waals surface area contributed by atoms with Crippen LogP contribution in [0.1, 0.15) is 13.3 Å². The van der Waals surface area contributed by atoms with Gasteiger partial charge in [-0.1, -0.05) is 0 Å². The van der Waals surface area contributed by atoms with E-state index in [0.29, 0.717) is 6.61 Å². The van der Waals surface area contributed by atoms with Crippen molar-refractivity contribution in [1.29, 1.82) is 0 Å². The van der Waals surface area contributed by atoms with E-state index in [1.165, 1.54) is 0 Å². The van der Waals surface area contributed by atoms with Crippen molar-refractivity contribution in [2.75, 3.05) is 19.8 Å². The predicted octanol–water partition coefficient (Wildman–Crippen LogP) is 1.01. The molecule has 0 aromatic rings. The summed E-state index contributed by atoms with van der Waals surface area (Å²) in [6.07, 6.45) is 0.728. The monoisotopic (exact) mass is 152 g/mol. The Morgan fingerprint density at radius 3 is 2.78 bits per heavy atom. The van der Waals surface area contributed by atoms with Gasteiger partial charge in [-0.3, -0.25) is 0 Å². The van der Waals surface area contributed by atoms with Crippen LogP contribution in [-0.2, 0) is 4.74 Å². The van der Waals surface area contributed by atoms with Gasteiger partial charge in [-0.05, 0) is 13.3 Å². The zero-order valence-corrected chi connectivity index (χ0v) is 6.40. The van der Waals surface area contributed by atoms with Gasteiger partial charge in [0.15, 0.2) is 0 Å². The third-order valence-corrected chi connectivity index (χ3v) is 1.33. The second-order valence-corrected chi connectivity index (χ2v) is 2.38. The minimum atomic E-state index is -0.142. The van der Waals surface area contributed by atoms with E-state index < -0.39 is 0 Å². The van der Waals surface area contributed by atoms with Crippen LogP contribution in [0.4, 0.5) is 0 Å². The summed E-state index contributed by atoms with van der Waals surface area (Å²) in [4.78, 5) is 0. The van der Waals surface area contributed by atoms with Crippen molar-refractivity contribution in [2.24, 2.45) is 0 Å². The van der Waals surface area contributed by atoms with E-state index in [4.69, 9.17) is 21.4 Å². The number of aliphatic hydroxyl groups excluding tert-OH is 1. The number of hydrogen-bond acceptors (Lipinski definition) is 2. The van der Waals surface area contributed by atoms with Crippen LogP contribution in [0.15, 0.2) is 0 Å². The van der Waals surface area contributed by atoms with Crippen molar-refractivity contribution in [3.8, 4) is 0 Å². The van der Waals surface area contributed by atoms with E-state index >= 15 is 0 Å². The minimum absolute atomic E-state index is 0.0363. The van der Waals surface area contributed by atoms with Crippen molar-refractivity contribution >= 4 is 11.6 Å². The van der Waals surface area contributed by atoms with E-state index in [0.717, 1.165) is 13.0 Å². The summed E-state index contributed by atoms with van der Waals surface area (Å²) >= 11 is 5.57. The van der Waals surface area contributed by atoms with E-state index in [-0.39, 0.29) is 12.0 Å². The molecule has 0 aromatic carbocycles. The van der Waals surface area contributed by atoms with Crippen LogP contribution in [0.25, 0.3) is 0 Å². The number of ether oxygens (including phenoxy) is 1. The number of halogens is 1. The zero-order valence-electron chi connectivity index (χ0n) is 5.64. The summed E-state index contributed by atoms with van der Waals surface area (Å²) in [7, 11) is 0. The fourth-order valence-electron chi connectivity index (χ4n) is 0.447. The molecule has 0 aliphatic rings. The van der Waals surface area contributed by atoms with Gasteiger partial charge in [-0.25, -0.2) is 0 Å². The van der Waals surface area contributed by atoms with Gasteiger partial charge < -0.3 is 9.84 Å². The fourth-order valence-corrected chi connectivity index (χ4v) is 0.536. The predicted molar refractivity (Wildman–Crippen MR) is 37.8 cm³/mol. The highest BCUT2D eigenvalue weighted by Crippen LogP contribution is 1.99. The lowest BCUT2D eigenvalue weighted by molar-refractivity contribution is 0.138. The second-order valence-electron chi connectivity index (χ2n) is 1.77. The van der Waals surface area contributed by atoms with E-state index in [9.17, 15) is 0 Å². The highest BCUT2D eigenvalue weighted by Gasteiger charge is 1.99. The van der Waals surface area contributed by atoms with Gasteiger partial charge in [0.1, 0.15) is 0 Å². The van der Waals surface area contributed by atoms with E-state index in [1.807, 2.05) is 6.92 Å². The van der Waals surface area contributed by atoms with Gasteiger partial charge in [0.2, 0.25) is 0 Å². The maximum Gasteiger partial charge on any atom is 0.0596 e. The Hall–Kier alpha value is 0.210. The average molecular weight is 153 g/mol. The first-order valence-corrected chi connectivity index (χ1v) is 3.57. The topological polar surface area (TPSA) is 29.5 Å². The fraction of sp³-hybridized carbons (Fsp3) is 1.00. The van der Waals surface area contributed by atoms with Crippen molar-refractivity contribution in [2.45, 2.75) is 18.7 Å². The zero-order chi connectivity index (χ0) is 7.11. The van der Waals surface area contributed by atoms with Crippen molar-refractivity contribution in [3.05, 3.63) is 0 Å². The van der Waals surface area contributed by atoms with Gasteiger partial charge in [0.05, 0.1) is 12.0 Å². The summed E-state index contributed by atoms with van der Waals surface area (Å²) in [5.74, 6) is 0. The third-order valence-electron chi connectivity index (χ3n) is 0.978. The Balaban J connectivity index is 2.88. The molecule has 0 saturated heterocycles. The molecule has 0 aliphatic heterocycles. The molecule has 0 amide bonds. The molecule has 0 aliphatic carbocycles. The second kappa shape index (κ2) is 6.33. The minimum Gasteiger partial charge on any atom is -0.395 e. The molecular weight excluding hydrogens is 140 g/mol.